The molecule has 0 saturated carbocycles. The van der Waals surface area contributed by atoms with Crippen molar-refractivity contribution in [2.45, 2.75) is 38.0 Å². The lowest BCUT2D eigenvalue weighted by Gasteiger charge is -2.15. The molecular formula is C23H28N4O4S. The first-order chi connectivity index (χ1) is 15.4. The SMILES string of the molecule is CCCCc1cnc2c(c1SCC(=O)Nc1ccccc1OCC)c(=O)n(C)c(=O)n2C. The lowest BCUT2D eigenvalue weighted by molar-refractivity contribution is -0.113. The van der Waals surface area contributed by atoms with Gasteiger partial charge in [0.2, 0.25) is 5.91 Å². The molecule has 1 N–H and O–H groups in total. The molecule has 9 heteroatoms. The van der Waals surface area contributed by atoms with Gasteiger partial charge in [-0.2, -0.15) is 0 Å². The van der Waals surface area contributed by atoms with Gasteiger partial charge in [-0.15, -0.1) is 11.8 Å². The minimum absolute atomic E-state index is 0.102. The van der Waals surface area contributed by atoms with E-state index in [9.17, 15) is 14.4 Å². The second-order valence-corrected chi connectivity index (χ2v) is 8.37. The molecule has 32 heavy (non-hydrogen) atoms. The molecule has 2 aromatic heterocycles. The van der Waals surface area contributed by atoms with E-state index < -0.39 is 11.2 Å². The van der Waals surface area contributed by atoms with Gasteiger partial charge < -0.3 is 10.1 Å². The van der Waals surface area contributed by atoms with Crippen molar-refractivity contribution in [3.05, 3.63) is 56.9 Å². The molecule has 170 valence electrons. The number of unbranched alkanes of at least 4 members (excludes halogenated alkanes) is 1. The topological polar surface area (TPSA) is 95.2 Å². The number of para-hydroxylation sites is 2. The summed E-state index contributed by atoms with van der Waals surface area (Å²) in [4.78, 5) is 43.1. The smallest absolute Gasteiger partial charge is 0.332 e. The quantitative estimate of drug-likeness (QED) is 0.497. The summed E-state index contributed by atoms with van der Waals surface area (Å²) in [6.07, 6.45) is 4.37. The number of aryl methyl sites for hydroxylation is 2. The highest BCUT2D eigenvalue weighted by Gasteiger charge is 2.19. The number of carbonyl (C=O) groups is 1. The summed E-state index contributed by atoms with van der Waals surface area (Å²) < 4.78 is 8.01. The van der Waals surface area contributed by atoms with Crippen molar-refractivity contribution < 1.29 is 9.53 Å². The van der Waals surface area contributed by atoms with Crippen molar-refractivity contribution in [3.63, 3.8) is 0 Å². The third kappa shape index (κ3) is 4.88. The van der Waals surface area contributed by atoms with E-state index in [0.717, 1.165) is 29.4 Å². The first-order valence-corrected chi connectivity index (χ1v) is 11.6. The van der Waals surface area contributed by atoms with Crippen LogP contribution in [0.25, 0.3) is 11.0 Å². The van der Waals surface area contributed by atoms with E-state index in [1.165, 1.54) is 23.4 Å². The van der Waals surface area contributed by atoms with Crippen molar-refractivity contribution in [1.82, 2.24) is 14.1 Å². The highest BCUT2D eigenvalue weighted by atomic mass is 32.2. The molecule has 0 aliphatic heterocycles. The van der Waals surface area contributed by atoms with E-state index in [2.05, 4.69) is 17.2 Å². The molecule has 3 rings (SSSR count). The number of pyridine rings is 1. The fourth-order valence-corrected chi connectivity index (χ4v) is 4.44. The molecule has 0 atom stereocenters. The Balaban J connectivity index is 1.95. The highest BCUT2D eigenvalue weighted by Crippen LogP contribution is 2.30. The summed E-state index contributed by atoms with van der Waals surface area (Å²) in [5.41, 5.74) is 0.991. The summed E-state index contributed by atoms with van der Waals surface area (Å²) in [6, 6.07) is 7.26. The molecule has 2 heterocycles. The van der Waals surface area contributed by atoms with E-state index >= 15 is 0 Å². The van der Waals surface area contributed by atoms with E-state index in [1.807, 2.05) is 19.1 Å². The molecule has 0 bridgehead atoms. The predicted octanol–water partition coefficient (Wildman–Crippen LogP) is 3.10. The predicted molar refractivity (Wildman–Crippen MR) is 128 cm³/mol. The van der Waals surface area contributed by atoms with Crippen LogP contribution in [0.15, 0.2) is 44.9 Å². The van der Waals surface area contributed by atoms with Crippen molar-refractivity contribution in [2.24, 2.45) is 14.1 Å². The number of amides is 1. The van der Waals surface area contributed by atoms with Crippen LogP contribution < -0.4 is 21.3 Å². The molecule has 3 aromatic rings. The van der Waals surface area contributed by atoms with Crippen LogP contribution in [0.4, 0.5) is 5.69 Å². The average Bonchev–Trinajstić information content (AvgIpc) is 2.79. The second kappa shape index (κ2) is 10.5. The van der Waals surface area contributed by atoms with E-state index in [-0.39, 0.29) is 11.7 Å². The zero-order valence-electron chi connectivity index (χ0n) is 18.8. The van der Waals surface area contributed by atoms with Gasteiger partial charge in [0.05, 0.1) is 23.4 Å². The van der Waals surface area contributed by atoms with Crippen molar-refractivity contribution in [2.75, 3.05) is 17.7 Å². The zero-order chi connectivity index (χ0) is 23.3. The minimum Gasteiger partial charge on any atom is -0.492 e. The van der Waals surface area contributed by atoms with Crippen LogP contribution in [0.1, 0.15) is 32.3 Å². The number of thioether (sulfide) groups is 1. The molecular weight excluding hydrogens is 428 g/mol. The van der Waals surface area contributed by atoms with Crippen LogP contribution in [0.3, 0.4) is 0 Å². The summed E-state index contributed by atoms with van der Waals surface area (Å²) in [6.45, 7) is 4.47. The fourth-order valence-electron chi connectivity index (χ4n) is 3.43. The number of nitrogens with one attached hydrogen (secondary N) is 1. The normalized spacial score (nSPS) is 11.0. The van der Waals surface area contributed by atoms with Gasteiger partial charge in [-0.3, -0.25) is 18.7 Å². The molecule has 0 fully saturated rings. The lowest BCUT2D eigenvalue weighted by atomic mass is 10.1. The first-order valence-electron chi connectivity index (χ1n) is 10.6. The third-order valence-electron chi connectivity index (χ3n) is 5.10. The van der Waals surface area contributed by atoms with E-state index in [1.54, 1.807) is 25.4 Å². The first kappa shape index (κ1) is 23.6. The summed E-state index contributed by atoms with van der Waals surface area (Å²) in [7, 11) is 3.04. The van der Waals surface area contributed by atoms with Crippen molar-refractivity contribution >= 4 is 34.4 Å². The monoisotopic (exact) mass is 456 g/mol. The number of nitrogens with zero attached hydrogens (tertiary/aromatic N) is 3. The minimum atomic E-state index is -0.433. The van der Waals surface area contributed by atoms with Gasteiger partial charge >= 0.3 is 5.69 Å². The highest BCUT2D eigenvalue weighted by molar-refractivity contribution is 8.00. The van der Waals surface area contributed by atoms with Crippen LogP contribution in [0, 0.1) is 0 Å². The van der Waals surface area contributed by atoms with Crippen LogP contribution in [0.2, 0.25) is 0 Å². The van der Waals surface area contributed by atoms with Gasteiger partial charge in [-0.25, -0.2) is 9.78 Å². The Kier molecular flexibility index (Phi) is 7.74. The number of rotatable bonds is 9. The molecule has 0 aliphatic carbocycles. The Labute approximate surface area is 190 Å². The van der Waals surface area contributed by atoms with Crippen LogP contribution in [-0.2, 0) is 25.3 Å². The maximum atomic E-state index is 13.0. The Hall–Kier alpha value is -3.07. The summed E-state index contributed by atoms with van der Waals surface area (Å²) in [5, 5.41) is 3.25. The Morgan fingerprint density at radius 3 is 2.62 bits per heavy atom. The number of benzene rings is 1. The van der Waals surface area contributed by atoms with Gasteiger partial charge in [-0.1, -0.05) is 25.5 Å². The van der Waals surface area contributed by atoms with Crippen LogP contribution in [0.5, 0.6) is 5.75 Å². The van der Waals surface area contributed by atoms with Crippen LogP contribution in [-0.4, -0.2) is 32.4 Å². The maximum absolute atomic E-state index is 13.0. The zero-order valence-corrected chi connectivity index (χ0v) is 19.6. The van der Waals surface area contributed by atoms with Crippen molar-refractivity contribution in [3.8, 4) is 5.75 Å². The van der Waals surface area contributed by atoms with Gasteiger partial charge in [0, 0.05) is 25.2 Å². The molecule has 1 amide bonds. The van der Waals surface area contributed by atoms with E-state index in [4.69, 9.17) is 4.74 Å². The van der Waals surface area contributed by atoms with E-state index in [0.29, 0.717) is 34.0 Å². The number of carbonyl (C=O) groups excluding carboxylic acids is 1. The largest absolute Gasteiger partial charge is 0.492 e. The molecule has 0 radical (unpaired) electrons. The van der Waals surface area contributed by atoms with Crippen molar-refractivity contribution in [1.29, 1.82) is 0 Å². The van der Waals surface area contributed by atoms with Gasteiger partial charge in [0.1, 0.15) is 11.4 Å². The molecule has 0 unspecified atom stereocenters. The maximum Gasteiger partial charge on any atom is 0.332 e. The Bertz CT molecular complexity index is 1250. The van der Waals surface area contributed by atoms with Crippen LogP contribution >= 0.6 is 11.8 Å². The molecule has 0 spiro atoms. The molecule has 0 saturated heterocycles. The van der Waals surface area contributed by atoms with Gasteiger partial charge in [0.15, 0.2) is 0 Å². The number of hydrogen-bond acceptors (Lipinski definition) is 6. The Morgan fingerprint density at radius 2 is 1.91 bits per heavy atom. The fraction of sp³-hybridized carbons (Fsp3) is 0.391. The number of anilines is 1. The molecule has 8 nitrogen and oxygen atoms in total. The number of aromatic nitrogens is 3. The number of ether oxygens (including phenoxy) is 1. The number of fused-ring (bicyclic) bond motifs is 1. The summed E-state index contributed by atoms with van der Waals surface area (Å²) in [5.74, 6) is 0.496. The Morgan fingerprint density at radius 1 is 1.16 bits per heavy atom. The standard InChI is InChI=1S/C23H28N4O4S/c1-5-7-10-15-13-24-21-19(22(29)27(4)23(30)26(21)3)20(15)32-14-18(28)25-16-11-8-9-12-17(16)31-6-2/h8-9,11-13H,5-7,10,14H2,1-4H3,(H,25,28). The molecule has 1 aromatic carbocycles. The third-order valence-corrected chi connectivity index (χ3v) is 6.26. The summed E-state index contributed by atoms with van der Waals surface area (Å²) >= 11 is 1.29. The van der Waals surface area contributed by atoms with Gasteiger partial charge in [0.25, 0.3) is 5.56 Å². The average molecular weight is 457 g/mol. The molecule has 0 aliphatic rings. The van der Waals surface area contributed by atoms with Gasteiger partial charge in [-0.05, 0) is 37.5 Å². The second-order valence-electron chi connectivity index (χ2n) is 7.39. The lowest BCUT2D eigenvalue weighted by Crippen LogP contribution is -2.37. The number of hydrogen-bond donors (Lipinski definition) is 1.